The predicted molar refractivity (Wildman–Crippen MR) is 89.5 cm³/mol. The van der Waals surface area contributed by atoms with Gasteiger partial charge in [0.05, 0.1) is 19.2 Å². The van der Waals surface area contributed by atoms with Crippen LogP contribution in [0.25, 0.3) is 0 Å². The van der Waals surface area contributed by atoms with Crippen LogP contribution in [0, 0.1) is 5.41 Å². The third-order valence-electron chi connectivity index (χ3n) is 4.19. The summed E-state index contributed by atoms with van der Waals surface area (Å²) < 4.78 is 13.1. The van der Waals surface area contributed by atoms with E-state index in [2.05, 4.69) is 4.98 Å². The average Bonchev–Trinajstić information content (AvgIpc) is 2.63. The van der Waals surface area contributed by atoms with Crippen LogP contribution in [0.4, 0.5) is 0 Å². The molecule has 4 rings (SSSR count). The van der Waals surface area contributed by atoms with Gasteiger partial charge in [0.25, 0.3) is 0 Å². The average molecular weight is 319 g/mol. The summed E-state index contributed by atoms with van der Waals surface area (Å²) in [6.07, 6.45) is 2.28. The maximum atomic E-state index is 8.53. The van der Waals surface area contributed by atoms with E-state index in [1.165, 1.54) is 0 Å². The molecule has 1 aliphatic heterocycles. The Hall–Kier alpha value is -3.08. The summed E-state index contributed by atoms with van der Waals surface area (Å²) in [7, 11) is 1.62. The van der Waals surface area contributed by atoms with E-state index in [-0.39, 0.29) is 0 Å². The van der Waals surface area contributed by atoms with Gasteiger partial charge in [-0.25, -0.2) is 4.98 Å². The van der Waals surface area contributed by atoms with Gasteiger partial charge in [0.15, 0.2) is 11.5 Å². The lowest BCUT2D eigenvalue weighted by Crippen LogP contribution is -2.27. The van der Waals surface area contributed by atoms with Crippen molar-refractivity contribution in [2.75, 3.05) is 7.11 Å². The van der Waals surface area contributed by atoms with Crippen LogP contribution in [0.5, 0.6) is 17.4 Å². The summed E-state index contributed by atoms with van der Waals surface area (Å²) in [6.45, 7) is 0.616. The van der Waals surface area contributed by atoms with Crippen molar-refractivity contribution in [3.8, 4) is 17.4 Å². The molecule has 1 aromatic heterocycles. The number of fused-ring (bicyclic) bond motifs is 2. The molecule has 0 radical (unpaired) electrons. The zero-order chi connectivity index (χ0) is 16.5. The number of nitrogens with zero attached hydrogens (tertiary/aromatic N) is 2. The zero-order valence-electron chi connectivity index (χ0n) is 13.3. The summed E-state index contributed by atoms with van der Waals surface area (Å²) in [5.41, 5.74) is 3.37. The number of hydrogen-bond acceptors (Lipinski definition) is 4. The summed E-state index contributed by atoms with van der Waals surface area (Å²) in [6, 6.07) is 15.9. The molecule has 0 amide bonds. The fourth-order valence-electron chi connectivity index (χ4n) is 2.94. The van der Waals surface area contributed by atoms with E-state index in [4.69, 9.17) is 14.9 Å². The summed E-state index contributed by atoms with van der Waals surface area (Å²) >= 11 is 0. The second kappa shape index (κ2) is 5.85. The second-order valence-electron chi connectivity index (χ2n) is 5.72. The highest BCUT2D eigenvalue weighted by atomic mass is 16.5. The Morgan fingerprint density at radius 1 is 1.17 bits per heavy atom. The number of benzene rings is 2. The highest BCUT2D eigenvalue weighted by Crippen LogP contribution is 2.39. The van der Waals surface area contributed by atoms with Gasteiger partial charge in [-0.3, -0.25) is 5.41 Å². The first kappa shape index (κ1) is 14.5. The van der Waals surface area contributed by atoms with E-state index >= 15 is 0 Å². The summed E-state index contributed by atoms with van der Waals surface area (Å²) in [5, 5.41) is 8.53. The topological polar surface area (TPSA) is 60.1 Å². The molecule has 3 aromatic rings. The number of para-hydroxylation sites is 1. The normalized spacial score (nSPS) is 12.0. The Morgan fingerprint density at radius 3 is 2.79 bits per heavy atom. The maximum Gasteiger partial charge on any atom is 0.228 e. The van der Waals surface area contributed by atoms with E-state index in [0.29, 0.717) is 35.8 Å². The van der Waals surface area contributed by atoms with Gasteiger partial charge in [-0.2, -0.15) is 0 Å². The van der Waals surface area contributed by atoms with Gasteiger partial charge >= 0.3 is 0 Å². The molecule has 0 unspecified atom stereocenters. The van der Waals surface area contributed by atoms with E-state index < -0.39 is 0 Å². The third-order valence-corrected chi connectivity index (χ3v) is 4.19. The quantitative estimate of drug-likeness (QED) is 0.631. The van der Waals surface area contributed by atoms with Crippen LogP contribution < -0.4 is 15.0 Å². The molecule has 0 saturated heterocycles. The number of nitrogens with one attached hydrogen (secondary N) is 1. The third kappa shape index (κ3) is 2.44. The highest BCUT2D eigenvalue weighted by Gasteiger charge is 2.23. The van der Waals surface area contributed by atoms with E-state index in [9.17, 15) is 0 Å². The Bertz CT molecular complexity index is 949. The van der Waals surface area contributed by atoms with Gasteiger partial charge in [0.2, 0.25) is 5.88 Å². The van der Waals surface area contributed by atoms with Crippen molar-refractivity contribution in [3.63, 3.8) is 0 Å². The Kier molecular flexibility index (Phi) is 3.54. The minimum absolute atomic E-state index is 0.428. The fourth-order valence-corrected chi connectivity index (χ4v) is 2.94. The van der Waals surface area contributed by atoms with Gasteiger partial charge in [-0.15, -0.1) is 0 Å². The van der Waals surface area contributed by atoms with Gasteiger partial charge < -0.3 is 14.0 Å². The summed E-state index contributed by atoms with van der Waals surface area (Å²) in [4.78, 5) is 4.42. The van der Waals surface area contributed by atoms with E-state index in [1.807, 2.05) is 53.1 Å². The minimum Gasteiger partial charge on any atom is -0.493 e. The van der Waals surface area contributed by atoms with E-state index in [1.54, 1.807) is 13.4 Å². The SMILES string of the molecule is COc1cccc2c1Oc1ncn(Cc3ccccc3)c(=N)c1C2. The molecule has 1 aliphatic rings. The molecule has 5 nitrogen and oxygen atoms in total. The molecule has 5 heteroatoms. The van der Waals surface area contributed by atoms with Crippen molar-refractivity contribution in [3.05, 3.63) is 77.0 Å². The highest BCUT2D eigenvalue weighted by molar-refractivity contribution is 5.53. The van der Waals surface area contributed by atoms with E-state index in [0.717, 1.165) is 16.7 Å². The largest absolute Gasteiger partial charge is 0.493 e. The fraction of sp³-hybridized carbons (Fsp3) is 0.158. The van der Waals surface area contributed by atoms with Crippen molar-refractivity contribution in [2.45, 2.75) is 13.0 Å². The number of ether oxygens (including phenoxy) is 2. The van der Waals surface area contributed by atoms with Crippen LogP contribution in [0.15, 0.2) is 54.9 Å². The minimum atomic E-state index is 0.428. The van der Waals surface area contributed by atoms with Gasteiger partial charge in [-0.05, 0) is 11.6 Å². The van der Waals surface area contributed by atoms with Crippen LogP contribution in [-0.2, 0) is 13.0 Å². The zero-order valence-corrected chi connectivity index (χ0v) is 13.3. The van der Waals surface area contributed by atoms with Crippen LogP contribution in [-0.4, -0.2) is 16.7 Å². The molecule has 120 valence electrons. The molecule has 0 aliphatic carbocycles. The lowest BCUT2D eigenvalue weighted by atomic mass is 10.0. The maximum absolute atomic E-state index is 8.53. The standard InChI is InChI=1S/C19H17N3O2/c1-23-16-9-5-8-14-10-15-18(20)22(11-13-6-3-2-4-7-13)12-21-19(15)24-17(14)16/h2-9,12,20H,10-11H2,1H3. The van der Waals surface area contributed by atoms with Crippen molar-refractivity contribution >= 4 is 0 Å². The lowest BCUT2D eigenvalue weighted by molar-refractivity contribution is 0.363. The molecular weight excluding hydrogens is 302 g/mol. The van der Waals surface area contributed by atoms with Crippen molar-refractivity contribution in [2.24, 2.45) is 0 Å². The molecule has 2 heterocycles. The Labute approximate surface area is 139 Å². The molecule has 0 bridgehead atoms. The first-order valence-corrected chi connectivity index (χ1v) is 7.77. The molecule has 24 heavy (non-hydrogen) atoms. The van der Waals surface area contributed by atoms with Crippen molar-refractivity contribution in [1.82, 2.24) is 9.55 Å². The Balaban J connectivity index is 1.72. The molecule has 1 N–H and O–H groups in total. The first-order valence-electron chi connectivity index (χ1n) is 7.77. The van der Waals surface area contributed by atoms with Crippen LogP contribution in [0.2, 0.25) is 0 Å². The monoisotopic (exact) mass is 319 g/mol. The molecule has 0 atom stereocenters. The predicted octanol–water partition coefficient (Wildman–Crippen LogP) is 3.12. The Morgan fingerprint density at radius 2 is 2.00 bits per heavy atom. The molecular formula is C19H17N3O2. The molecule has 0 saturated carbocycles. The molecule has 2 aromatic carbocycles. The van der Waals surface area contributed by atoms with Crippen LogP contribution >= 0.6 is 0 Å². The summed E-state index contributed by atoms with van der Waals surface area (Å²) in [5.74, 6) is 1.87. The van der Waals surface area contributed by atoms with Crippen molar-refractivity contribution < 1.29 is 9.47 Å². The van der Waals surface area contributed by atoms with Gasteiger partial charge in [0, 0.05) is 12.0 Å². The number of aromatic nitrogens is 2. The molecule has 0 fully saturated rings. The van der Waals surface area contributed by atoms with Gasteiger partial charge in [-0.1, -0.05) is 42.5 Å². The molecule has 0 spiro atoms. The second-order valence-corrected chi connectivity index (χ2v) is 5.72. The van der Waals surface area contributed by atoms with Gasteiger partial charge in [0.1, 0.15) is 11.8 Å². The first-order chi connectivity index (χ1) is 11.8. The number of hydrogen-bond donors (Lipinski definition) is 1. The number of rotatable bonds is 3. The number of methoxy groups -OCH3 is 1. The lowest BCUT2D eigenvalue weighted by Gasteiger charge is -2.22. The smallest absolute Gasteiger partial charge is 0.228 e. The van der Waals surface area contributed by atoms with Crippen LogP contribution in [0.1, 0.15) is 16.7 Å². The van der Waals surface area contributed by atoms with Crippen molar-refractivity contribution in [1.29, 1.82) is 5.41 Å². The van der Waals surface area contributed by atoms with Crippen LogP contribution in [0.3, 0.4) is 0 Å².